The van der Waals surface area contributed by atoms with Crippen molar-refractivity contribution in [1.82, 2.24) is 10.3 Å². The van der Waals surface area contributed by atoms with E-state index in [4.69, 9.17) is 4.74 Å². The second-order valence-corrected chi connectivity index (χ2v) is 5.10. The van der Waals surface area contributed by atoms with Gasteiger partial charge in [0.25, 0.3) is 0 Å². The molecule has 3 nitrogen and oxygen atoms in total. The summed E-state index contributed by atoms with van der Waals surface area (Å²) in [6.07, 6.45) is 1.89. The van der Waals surface area contributed by atoms with Crippen LogP contribution in [0.5, 0.6) is 5.75 Å². The molecular formula is C15H17BrN2O. The summed E-state index contributed by atoms with van der Waals surface area (Å²) in [5.41, 5.74) is 2.12. The Kier molecular flexibility index (Phi) is 5.36. The van der Waals surface area contributed by atoms with Gasteiger partial charge in [-0.3, -0.25) is 4.98 Å². The smallest absolute Gasteiger partial charge is 0.130 e. The van der Waals surface area contributed by atoms with Gasteiger partial charge in [-0.05, 0) is 36.4 Å². The van der Waals surface area contributed by atoms with Crippen molar-refractivity contribution in [3.63, 3.8) is 0 Å². The Morgan fingerprint density at radius 3 is 2.84 bits per heavy atom. The van der Waals surface area contributed by atoms with Crippen LogP contribution in [0.2, 0.25) is 0 Å². The molecule has 2 rings (SSSR count). The Morgan fingerprint density at radius 2 is 2.16 bits per heavy atom. The molecule has 2 aromatic rings. The van der Waals surface area contributed by atoms with Crippen molar-refractivity contribution in [2.75, 3.05) is 6.54 Å². The summed E-state index contributed by atoms with van der Waals surface area (Å²) < 4.78 is 6.70. The maximum atomic E-state index is 5.69. The minimum absolute atomic E-state index is 0.484. The maximum Gasteiger partial charge on any atom is 0.130 e. The molecule has 4 heteroatoms. The zero-order valence-corrected chi connectivity index (χ0v) is 12.5. The van der Waals surface area contributed by atoms with E-state index < -0.39 is 0 Å². The van der Waals surface area contributed by atoms with E-state index >= 15 is 0 Å². The summed E-state index contributed by atoms with van der Waals surface area (Å²) in [5, 5.41) is 3.27. The van der Waals surface area contributed by atoms with Crippen LogP contribution in [-0.2, 0) is 13.2 Å². The van der Waals surface area contributed by atoms with Gasteiger partial charge in [0.1, 0.15) is 12.4 Å². The van der Waals surface area contributed by atoms with E-state index in [0.717, 1.165) is 29.0 Å². The van der Waals surface area contributed by atoms with Crippen molar-refractivity contribution in [2.24, 2.45) is 0 Å². The van der Waals surface area contributed by atoms with Crippen molar-refractivity contribution < 1.29 is 4.74 Å². The Hall–Kier alpha value is -1.39. The number of pyridine rings is 1. The van der Waals surface area contributed by atoms with E-state index in [-0.39, 0.29) is 0 Å². The number of benzene rings is 1. The zero-order valence-electron chi connectivity index (χ0n) is 10.9. The van der Waals surface area contributed by atoms with Gasteiger partial charge in [-0.1, -0.05) is 35.0 Å². The fourth-order valence-corrected chi connectivity index (χ4v) is 2.01. The van der Waals surface area contributed by atoms with Gasteiger partial charge in [-0.25, -0.2) is 0 Å². The Bertz CT molecular complexity index is 514. The average Bonchev–Trinajstić information content (AvgIpc) is 2.44. The van der Waals surface area contributed by atoms with Crippen molar-refractivity contribution in [3.8, 4) is 5.75 Å². The van der Waals surface area contributed by atoms with Crippen LogP contribution in [0.15, 0.2) is 47.1 Å². The summed E-state index contributed by atoms with van der Waals surface area (Å²) in [6, 6.07) is 11.9. The van der Waals surface area contributed by atoms with Crippen LogP contribution in [0.4, 0.5) is 0 Å². The molecule has 0 spiro atoms. The SMILES string of the molecule is CCNCc1ccc(COc2cccc(Br)c2)nc1. The lowest BCUT2D eigenvalue weighted by atomic mass is 10.2. The van der Waals surface area contributed by atoms with Crippen LogP contribution in [0.25, 0.3) is 0 Å². The zero-order chi connectivity index (χ0) is 13.5. The molecule has 0 saturated heterocycles. The highest BCUT2D eigenvalue weighted by atomic mass is 79.9. The second kappa shape index (κ2) is 7.26. The topological polar surface area (TPSA) is 34.1 Å². The van der Waals surface area contributed by atoms with Crippen molar-refractivity contribution >= 4 is 15.9 Å². The maximum absolute atomic E-state index is 5.69. The molecule has 0 atom stereocenters. The van der Waals surface area contributed by atoms with Gasteiger partial charge < -0.3 is 10.1 Å². The molecular weight excluding hydrogens is 304 g/mol. The standard InChI is InChI=1S/C15H17BrN2O/c1-2-17-9-12-6-7-14(18-10-12)11-19-15-5-3-4-13(16)8-15/h3-8,10,17H,2,9,11H2,1H3. The Labute approximate surface area is 122 Å². The lowest BCUT2D eigenvalue weighted by Gasteiger charge is -2.07. The van der Waals surface area contributed by atoms with Crippen LogP contribution in [0.3, 0.4) is 0 Å². The first-order valence-corrected chi connectivity index (χ1v) is 7.10. The van der Waals surface area contributed by atoms with Crippen LogP contribution in [0.1, 0.15) is 18.2 Å². The third kappa shape index (κ3) is 4.65. The third-order valence-corrected chi connectivity index (χ3v) is 3.14. The second-order valence-electron chi connectivity index (χ2n) is 4.18. The van der Waals surface area contributed by atoms with Gasteiger partial charge in [-0.15, -0.1) is 0 Å². The Balaban J connectivity index is 1.89. The van der Waals surface area contributed by atoms with Crippen molar-refractivity contribution in [3.05, 3.63) is 58.3 Å². The lowest BCUT2D eigenvalue weighted by molar-refractivity contribution is 0.301. The minimum Gasteiger partial charge on any atom is -0.487 e. The third-order valence-electron chi connectivity index (χ3n) is 2.65. The molecule has 0 bridgehead atoms. The summed E-state index contributed by atoms with van der Waals surface area (Å²) in [5.74, 6) is 0.841. The molecule has 1 aromatic carbocycles. The molecule has 0 aliphatic heterocycles. The first-order chi connectivity index (χ1) is 9.28. The van der Waals surface area contributed by atoms with Crippen molar-refractivity contribution in [1.29, 1.82) is 0 Å². The van der Waals surface area contributed by atoms with Gasteiger partial charge in [0, 0.05) is 17.2 Å². The van der Waals surface area contributed by atoms with Crippen LogP contribution >= 0.6 is 15.9 Å². The predicted molar refractivity (Wildman–Crippen MR) is 80.1 cm³/mol. The molecule has 0 fully saturated rings. The molecule has 100 valence electrons. The largest absolute Gasteiger partial charge is 0.487 e. The van der Waals surface area contributed by atoms with Crippen molar-refractivity contribution in [2.45, 2.75) is 20.1 Å². The number of hydrogen-bond donors (Lipinski definition) is 1. The van der Waals surface area contributed by atoms with E-state index in [0.29, 0.717) is 6.61 Å². The lowest BCUT2D eigenvalue weighted by Crippen LogP contribution is -2.12. The Morgan fingerprint density at radius 1 is 1.26 bits per heavy atom. The highest BCUT2D eigenvalue weighted by molar-refractivity contribution is 9.10. The van der Waals surface area contributed by atoms with Crippen LogP contribution in [-0.4, -0.2) is 11.5 Å². The number of halogens is 1. The van der Waals surface area contributed by atoms with Crippen LogP contribution in [0, 0.1) is 0 Å². The number of rotatable bonds is 6. The quantitative estimate of drug-likeness (QED) is 0.884. The summed E-state index contributed by atoms with van der Waals surface area (Å²) >= 11 is 3.42. The van der Waals surface area contributed by atoms with Gasteiger partial charge in [0.05, 0.1) is 5.69 Å². The highest BCUT2D eigenvalue weighted by Gasteiger charge is 1.99. The van der Waals surface area contributed by atoms with Gasteiger partial charge >= 0.3 is 0 Å². The molecule has 0 aliphatic rings. The number of ether oxygens (including phenoxy) is 1. The number of aromatic nitrogens is 1. The molecule has 0 saturated carbocycles. The molecule has 1 heterocycles. The molecule has 19 heavy (non-hydrogen) atoms. The normalized spacial score (nSPS) is 10.4. The fraction of sp³-hybridized carbons (Fsp3) is 0.267. The summed E-state index contributed by atoms with van der Waals surface area (Å²) in [4.78, 5) is 4.39. The molecule has 0 radical (unpaired) electrons. The number of hydrogen-bond acceptors (Lipinski definition) is 3. The molecule has 0 unspecified atom stereocenters. The van der Waals surface area contributed by atoms with E-state index in [2.05, 4.69) is 39.2 Å². The highest BCUT2D eigenvalue weighted by Crippen LogP contribution is 2.18. The number of nitrogens with zero attached hydrogens (tertiary/aromatic N) is 1. The van der Waals surface area contributed by atoms with E-state index in [9.17, 15) is 0 Å². The van der Waals surface area contributed by atoms with Gasteiger partial charge in [-0.2, -0.15) is 0 Å². The van der Waals surface area contributed by atoms with Gasteiger partial charge in [0.15, 0.2) is 0 Å². The first kappa shape index (κ1) is 14.0. The van der Waals surface area contributed by atoms with E-state index in [1.54, 1.807) is 0 Å². The summed E-state index contributed by atoms with van der Waals surface area (Å²) in [7, 11) is 0. The fourth-order valence-electron chi connectivity index (χ4n) is 1.63. The minimum atomic E-state index is 0.484. The predicted octanol–water partition coefficient (Wildman–Crippen LogP) is 3.53. The molecule has 1 aromatic heterocycles. The molecule has 1 N–H and O–H groups in total. The monoisotopic (exact) mass is 320 g/mol. The van der Waals surface area contributed by atoms with Crippen LogP contribution < -0.4 is 10.1 Å². The molecule has 0 amide bonds. The summed E-state index contributed by atoms with van der Waals surface area (Å²) in [6.45, 7) is 4.40. The molecule has 0 aliphatic carbocycles. The van der Waals surface area contributed by atoms with Gasteiger partial charge in [0.2, 0.25) is 0 Å². The average molecular weight is 321 g/mol. The van der Waals surface area contributed by atoms with E-state index in [1.165, 1.54) is 5.56 Å². The van der Waals surface area contributed by atoms with E-state index in [1.807, 2.05) is 36.5 Å². The number of nitrogens with one attached hydrogen (secondary N) is 1. The first-order valence-electron chi connectivity index (χ1n) is 6.31.